The fraction of sp³-hybridized carbons (Fsp3) is 0.667. The molecule has 0 aromatic rings. The first-order chi connectivity index (χ1) is 5.70. The second-order valence-corrected chi connectivity index (χ2v) is 2.57. The fourth-order valence-corrected chi connectivity index (χ4v) is 0.650. The van der Waals surface area contributed by atoms with Crippen molar-refractivity contribution in [2.75, 3.05) is 6.54 Å². The maximum Gasteiger partial charge on any atom is 0.221 e. The molecule has 1 atom stereocenters. The fourth-order valence-electron chi connectivity index (χ4n) is 0.650. The number of aliphatic hydroxyl groups excluding tert-OH is 1. The van der Waals surface area contributed by atoms with E-state index in [1.165, 1.54) is 0 Å². The highest BCUT2D eigenvalue weighted by molar-refractivity contribution is 5.76. The molecule has 0 aromatic carbocycles. The molecule has 0 aromatic heterocycles. The van der Waals surface area contributed by atoms with Crippen molar-refractivity contribution in [3.63, 3.8) is 0 Å². The molecule has 0 spiro atoms. The van der Waals surface area contributed by atoms with Crippen LogP contribution < -0.4 is 5.32 Å². The molecule has 0 bridgehead atoms. The molecule has 0 aliphatic carbocycles. The second-order valence-electron chi connectivity index (χ2n) is 2.57. The molecular formula is C9H15NO2. The van der Waals surface area contributed by atoms with E-state index in [4.69, 9.17) is 11.5 Å². The number of hydrogen-bond acceptors (Lipinski definition) is 2. The third-order valence-corrected chi connectivity index (χ3v) is 1.50. The van der Waals surface area contributed by atoms with Crippen LogP contribution in [0.5, 0.6) is 0 Å². The first-order valence-electron chi connectivity index (χ1n) is 4.09. The molecule has 3 nitrogen and oxygen atoms in total. The molecule has 0 aliphatic rings. The molecule has 3 heteroatoms. The maximum atomic E-state index is 10.9. The highest BCUT2D eigenvalue weighted by Gasteiger charge is 2.03. The summed E-state index contributed by atoms with van der Waals surface area (Å²) in [6.07, 6.45) is 5.98. The molecule has 12 heavy (non-hydrogen) atoms. The van der Waals surface area contributed by atoms with Crippen LogP contribution in [-0.4, -0.2) is 23.7 Å². The van der Waals surface area contributed by atoms with Crippen LogP contribution in [0.3, 0.4) is 0 Å². The van der Waals surface area contributed by atoms with E-state index in [-0.39, 0.29) is 5.91 Å². The van der Waals surface area contributed by atoms with Gasteiger partial charge in [-0.25, -0.2) is 0 Å². The van der Waals surface area contributed by atoms with Gasteiger partial charge in [0.1, 0.15) is 0 Å². The standard InChI is InChI=1S/C9H15NO2/c1-3-5-6-9(12)10-7-8(11)4-2/h1,8,11H,4-7H2,2H3,(H,10,12). The Labute approximate surface area is 73.2 Å². The molecule has 0 saturated heterocycles. The summed E-state index contributed by atoms with van der Waals surface area (Å²) in [6, 6.07) is 0. The van der Waals surface area contributed by atoms with E-state index in [0.29, 0.717) is 25.8 Å². The zero-order chi connectivity index (χ0) is 9.40. The highest BCUT2D eigenvalue weighted by Crippen LogP contribution is 1.89. The quantitative estimate of drug-likeness (QED) is 0.581. The third-order valence-electron chi connectivity index (χ3n) is 1.50. The minimum atomic E-state index is -0.445. The van der Waals surface area contributed by atoms with Gasteiger partial charge in [0, 0.05) is 19.4 Å². The molecule has 0 rings (SSSR count). The largest absolute Gasteiger partial charge is 0.391 e. The molecule has 0 heterocycles. The van der Waals surface area contributed by atoms with Crippen LogP contribution in [0.25, 0.3) is 0 Å². The topological polar surface area (TPSA) is 49.3 Å². The lowest BCUT2D eigenvalue weighted by Gasteiger charge is -2.08. The zero-order valence-electron chi connectivity index (χ0n) is 7.34. The van der Waals surface area contributed by atoms with Gasteiger partial charge in [-0.05, 0) is 6.42 Å². The minimum absolute atomic E-state index is 0.0968. The monoisotopic (exact) mass is 169 g/mol. The molecule has 1 unspecified atom stereocenters. The number of nitrogens with one attached hydrogen (secondary N) is 1. The van der Waals surface area contributed by atoms with Crippen molar-refractivity contribution < 1.29 is 9.90 Å². The van der Waals surface area contributed by atoms with Crippen molar-refractivity contribution in [2.24, 2.45) is 0 Å². The molecule has 0 radical (unpaired) electrons. The van der Waals surface area contributed by atoms with Crippen molar-refractivity contribution >= 4 is 5.91 Å². The van der Waals surface area contributed by atoms with E-state index in [9.17, 15) is 4.79 Å². The third kappa shape index (κ3) is 5.75. The lowest BCUT2D eigenvalue weighted by Crippen LogP contribution is -2.31. The van der Waals surface area contributed by atoms with Crippen molar-refractivity contribution in [1.82, 2.24) is 5.32 Å². The zero-order valence-corrected chi connectivity index (χ0v) is 7.34. The lowest BCUT2D eigenvalue weighted by molar-refractivity contribution is -0.121. The number of carbonyl (C=O) groups is 1. The van der Waals surface area contributed by atoms with Crippen molar-refractivity contribution in [2.45, 2.75) is 32.3 Å². The minimum Gasteiger partial charge on any atom is -0.391 e. The van der Waals surface area contributed by atoms with Gasteiger partial charge < -0.3 is 10.4 Å². The number of hydrogen-bond donors (Lipinski definition) is 2. The first-order valence-corrected chi connectivity index (χ1v) is 4.09. The van der Waals surface area contributed by atoms with Gasteiger partial charge in [0.05, 0.1) is 6.10 Å². The van der Waals surface area contributed by atoms with Gasteiger partial charge in [-0.15, -0.1) is 12.3 Å². The summed E-state index contributed by atoms with van der Waals surface area (Å²) in [5.41, 5.74) is 0. The van der Waals surface area contributed by atoms with E-state index in [0.717, 1.165) is 0 Å². The summed E-state index contributed by atoms with van der Waals surface area (Å²) in [5, 5.41) is 11.7. The van der Waals surface area contributed by atoms with E-state index in [1.54, 1.807) is 0 Å². The number of carbonyl (C=O) groups excluding carboxylic acids is 1. The summed E-state index contributed by atoms with van der Waals surface area (Å²) in [5.74, 6) is 2.28. The Morgan fingerprint density at radius 3 is 2.92 bits per heavy atom. The molecule has 68 valence electrons. The Morgan fingerprint density at radius 1 is 1.75 bits per heavy atom. The van der Waals surface area contributed by atoms with Crippen LogP contribution in [0.15, 0.2) is 0 Å². The van der Waals surface area contributed by atoms with E-state index >= 15 is 0 Å². The Kier molecular flexibility index (Phi) is 6.12. The second kappa shape index (κ2) is 6.68. The summed E-state index contributed by atoms with van der Waals surface area (Å²) < 4.78 is 0. The van der Waals surface area contributed by atoms with Crippen LogP contribution in [0.1, 0.15) is 26.2 Å². The normalized spacial score (nSPS) is 11.8. The molecule has 0 aliphatic heterocycles. The van der Waals surface area contributed by atoms with Crippen LogP contribution in [0.2, 0.25) is 0 Å². The molecule has 0 saturated carbocycles. The van der Waals surface area contributed by atoms with Crippen LogP contribution >= 0.6 is 0 Å². The Balaban J connectivity index is 3.38. The Hall–Kier alpha value is -1.01. The SMILES string of the molecule is C#CCCC(=O)NCC(O)CC. The molecule has 2 N–H and O–H groups in total. The van der Waals surface area contributed by atoms with Gasteiger partial charge in [-0.2, -0.15) is 0 Å². The van der Waals surface area contributed by atoms with Gasteiger partial charge in [-0.3, -0.25) is 4.79 Å². The average molecular weight is 169 g/mol. The average Bonchev–Trinajstić information content (AvgIpc) is 2.10. The van der Waals surface area contributed by atoms with Crippen molar-refractivity contribution in [3.8, 4) is 12.3 Å². The number of amides is 1. The number of rotatable bonds is 5. The van der Waals surface area contributed by atoms with Crippen LogP contribution in [-0.2, 0) is 4.79 Å². The number of aliphatic hydroxyl groups is 1. The van der Waals surface area contributed by atoms with Gasteiger partial charge in [0.25, 0.3) is 0 Å². The van der Waals surface area contributed by atoms with Crippen molar-refractivity contribution in [3.05, 3.63) is 0 Å². The van der Waals surface area contributed by atoms with E-state index < -0.39 is 6.10 Å². The number of terminal acetylenes is 1. The predicted molar refractivity (Wildman–Crippen MR) is 47.4 cm³/mol. The lowest BCUT2D eigenvalue weighted by atomic mass is 10.2. The summed E-state index contributed by atoms with van der Waals surface area (Å²) in [6.45, 7) is 2.18. The van der Waals surface area contributed by atoms with E-state index in [2.05, 4.69) is 11.2 Å². The summed E-state index contributed by atoms with van der Waals surface area (Å²) >= 11 is 0. The van der Waals surface area contributed by atoms with Crippen LogP contribution in [0.4, 0.5) is 0 Å². The Morgan fingerprint density at radius 2 is 2.42 bits per heavy atom. The highest BCUT2D eigenvalue weighted by atomic mass is 16.3. The van der Waals surface area contributed by atoms with Crippen molar-refractivity contribution in [1.29, 1.82) is 0 Å². The first kappa shape index (κ1) is 11.0. The summed E-state index contributed by atoms with van der Waals surface area (Å²) in [7, 11) is 0. The Bertz CT molecular complexity index is 172. The van der Waals surface area contributed by atoms with Gasteiger partial charge in [0.15, 0.2) is 0 Å². The maximum absolute atomic E-state index is 10.9. The molecule has 1 amide bonds. The smallest absolute Gasteiger partial charge is 0.221 e. The predicted octanol–water partition coefficient (Wildman–Crippen LogP) is 0.287. The van der Waals surface area contributed by atoms with Gasteiger partial charge in [-0.1, -0.05) is 6.92 Å². The van der Waals surface area contributed by atoms with Gasteiger partial charge >= 0.3 is 0 Å². The van der Waals surface area contributed by atoms with E-state index in [1.807, 2.05) is 6.92 Å². The van der Waals surface area contributed by atoms with Crippen LogP contribution in [0, 0.1) is 12.3 Å². The summed E-state index contributed by atoms with van der Waals surface area (Å²) in [4.78, 5) is 10.9. The van der Waals surface area contributed by atoms with Gasteiger partial charge in [0.2, 0.25) is 5.91 Å². The molecule has 0 fully saturated rings. The molecular weight excluding hydrogens is 154 g/mol.